The van der Waals surface area contributed by atoms with Crippen LogP contribution in [0.2, 0.25) is 0 Å². The average molecular weight is 319 g/mol. The van der Waals surface area contributed by atoms with E-state index in [1.807, 2.05) is 35.1 Å². The van der Waals surface area contributed by atoms with Crippen LogP contribution >= 0.6 is 15.9 Å². The molecule has 0 atom stereocenters. The molecule has 0 amide bonds. The number of rotatable bonds is 3. The highest BCUT2D eigenvalue weighted by atomic mass is 79.9. The van der Waals surface area contributed by atoms with Crippen molar-refractivity contribution in [1.82, 2.24) is 9.78 Å². The molecule has 1 aromatic heterocycles. The van der Waals surface area contributed by atoms with Crippen LogP contribution in [0.4, 0.5) is 0 Å². The first-order valence-corrected chi connectivity index (χ1v) is 7.38. The van der Waals surface area contributed by atoms with Crippen LogP contribution in [0, 0.1) is 0 Å². The second kappa shape index (κ2) is 5.29. The van der Waals surface area contributed by atoms with Crippen LogP contribution in [0.1, 0.15) is 47.7 Å². The first-order chi connectivity index (χ1) is 9.28. The minimum Gasteiger partial charge on any atom is -0.298 e. The van der Waals surface area contributed by atoms with E-state index in [0.29, 0.717) is 5.92 Å². The molecule has 98 valence electrons. The fourth-order valence-corrected chi connectivity index (χ4v) is 3.15. The van der Waals surface area contributed by atoms with Crippen LogP contribution in [0.15, 0.2) is 34.9 Å². The van der Waals surface area contributed by atoms with Crippen molar-refractivity contribution >= 4 is 22.2 Å². The summed E-state index contributed by atoms with van der Waals surface area (Å²) >= 11 is 3.46. The summed E-state index contributed by atoms with van der Waals surface area (Å²) in [5.41, 5.74) is 2.67. The highest BCUT2D eigenvalue weighted by Gasteiger charge is 2.23. The van der Waals surface area contributed by atoms with E-state index in [1.54, 1.807) is 0 Å². The first-order valence-electron chi connectivity index (χ1n) is 6.58. The molecule has 1 fully saturated rings. The van der Waals surface area contributed by atoms with Crippen LogP contribution in [-0.4, -0.2) is 16.1 Å². The third kappa shape index (κ3) is 2.50. The van der Waals surface area contributed by atoms with Crippen LogP contribution in [0.25, 0.3) is 5.69 Å². The summed E-state index contributed by atoms with van der Waals surface area (Å²) in [5, 5.41) is 4.64. The molecule has 0 spiro atoms. The van der Waals surface area contributed by atoms with Crippen molar-refractivity contribution in [2.24, 2.45) is 0 Å². The molecule has 3 nitrogen and oxygen atoms in total. The summed E-state index contributed by atoms with van der Waals surface area (Å²) in [6.07, 6.45) is 7.55. The number of benzene rings is 1. The quantitative estimate of drug-likeness (QED) is 0.798. The lowest BCUT2D eigenvalue weighted by atomic mass is 10.0. The van der Waals surface area contributed by atoms with Gasteiger partial charge in [-0.3, -0.25) is 4.79 Å². The molecule has 0 radical (unpaired) electrons. The number of aromatic nitrogens is 2. The van der Waals surface area contributed by atoms with E-state index in [2.05, 4.69) is 21.0 Å². The van der Waals surface area contributed by atoms with Crippen molar-refractivity contribution < 1.29 is 4.79 Å². The Balaban J connectivity index is 2.01. The topological polar surface area (TPSA) is 34.9 Å². The predicted octanol–water partition coefficient (Wildman–Crippen LogP) is 4.10. The zero-order valence-corrected chi connectivity index (χ0v) is 12.1. The first kappa shape index (κ1) is 12.6. The van der Waals surface area contributed by atoms with Crippen molar-refractivity contribution in [3.05, 3.63) is 46.2 Å². The Kier molecular flexibility index (Phi) is 3.51. The molecule has 1 aromatic carbocycles. The zero-order valence-electron chi connectivity index (χ0n) is 10.6. The van der Waals surface area contributed by atoms with E-state index in [0.717, 1.165) is 40.5 Å². The van der Waals surface area contributed by atoms with Crippen molar-refractivity contribution in [2.75, 3.05) is 0 Å². The Bertz CT molecular complexity index is 600. The number of halogens is 1. The molecule has 0 bridgehead atoms. The van der Waals surface area contributed by atoms with Crippen molar-refractivity contribution in [3.63, 3.8) is 0 Å². The highest BCUT2D eigenvalue weighted by molar-refractivity contribution is 9.10. The van der Waals surface area contributed by atoms with Gasteiger partial charge in [-0.25, -0.2) is 4.68 Å². The molecular formula is C15H15BrN2O. The van der Waals surface area contributed by atoms with E-state index in [9.17, 15) is 4.79 Å². The summed E-state index contributed by atoms with van der Waals surface area (Å²) in [6, 6.07) is 7.94. The lowest BCUT2D eigenvalue weighted by Crippen LogP contribution is -1.99. The molecule has 3 rings (SSSR count). The lowest BCUT2D eigenvalue weighted by Gasteiger charge is -2.05. The maximum absolute atomic E-state index is 11.2. The molecule has 1 saturated carbocycles. The summed E-state index contributed by atoms with van der Waals surface area (Å²) in [6.45, 7) is 0. The van der Waals surface area contributed by atoms with E-state index in [1.165, 1.54) is 12.8 Å². The van der Waals surface area contributed by atoms with Crippen LogP contribution in [0.3, 0.4) is 0 Å². The van der Waals surface area contributed by atoms with Crippen LogP contribution < -0.4 is 0 Å². The van der Waals surface area contributed by atoms with Crippen LogP contribution in [0.5, 0.6) is 0 Å². The molecule has 1 aliphatic rings. The van der Waals surface area contributed by atoms with Gasteiger partial charge in [0.25, 0.3) is 0 Å². The Morgan fingerprint density at radius 2 is 2.11 bits per heavy atom. The molecule has 19 heavy (non-hydrogen) atoms. The fraction of sp³-hybridized carbons (Fsp3) is 0.333. The van der Waals surface area contributed by atoms with E-state index in [4.69, 9.17) is 0 Å². The summed E-state index contributed by atoms with van der Waals surface area (Å²) in [7, 11) is 0. The molecule has 0 unspecified atom stereocenters. The molecule has 0 N–H and O–H groups in total. The Morgan fingerprint density at radius 3 is 2.79 bits per heavy atom. The predicted molar refractivity (Wildman–Crippen MR) is 77.9 cm³/mol. The van der Waals surface area contributed by atoms with Crippen molar-refractivity contribution in [3.8, 4) is 5.69 Å². The van der Waals surface area contributed by atoms with Gasteiger partial charge in [-0.1, -0.05) is 34.8 Å². The van der Waals surface area contributed by atoms with Gasteiger partial charge in [0.15, 0.2) is 6.29 Å². The number of hydrogen-bond acceptors (Lipinski definition) is 2. The second-order valence-electron chi connectivity index (χ2n) is 4.99. The molecule has 4 heteroatoms. The minimum atomic E-state index is 0.452. The molecule has 0 aliphatic heterocycles. The summed E-state index contributed by atoms with van der Waals surface area (Å²) in [4.78, 5) is 11.2. The number of nitrogens with zero attached hydrogens (tertiary/aromatic N) is 2. The Hall–Kier alpha value is -1.42. The third-order valence-corrected chi connectivity index (χ3v) is 4.21. The van der Waals surface area contributed by atoms with Gasteiger partial charge in [0, 0.05) is 16.6 Å². The van der Waals surface area contributed by atoms with Gasteiger partial charge >= 0.3 is 0 Å². The Morgan fingerprint density at radius 1 is 1.32 bits per heavy atom. The smallest absolute Gasteiger partial charge is 0.153 e. The molecule has 2 aromatic rings. The summed E-state index contributed by atoms with van der Waals surface area (Å²) in [5.74, 6) is 0.452. The number of carbonyl (C=O) groups excluding carboxylic acids is 1. The number of carbonyl (C=O) groups is 1. The molecular weight excluding hydrogens is 304 g/mol. The largest absolute Gasteiger partial charge is 0.298 e. The van der Waals surface area contributed by atoms with Gasteiger partial charge < -0.3 is 0 Å². The maximum atomic E-state index is 11.2. The molecule has 0 saturated heterocycles. The van der Waals surface area contributed by atoms with Gasteiger partial charge in [0.1, 0.15) is 0 Å². The molecule has 1 heterocycles. The summed E-state index contributed by atoms with van der Waals surface area (Å²) < 4.78 is 2.82. The monoisotopic (exact) mass is 318 g/mol. The Labute approximate surface area is 120 Å². The molecule has 1 aliphatic carbocycles. The van der Waals surface area contributed by atoms with E-state index >= 15 is 0 Å². The number of aldehydes is 1. The van der Waals surface area contributed by atoms with E-state index in [-0.39, 0.29) is 0 Å². The SMILES string of the molecule is O=Cc1cn(-c2cccc(Br)c2)nc1C1CCCC1. The zero-order chi connectivity index (χ0) is 13.2. The van der Waals surface area contributed by atoms with Gasteiger partial charge in [0.05, 0.1) is 16.9 Å². The van der Waals surface area contributed by atoms with Gasteiger partial charge in [0.2, 0.25) is 0 Å². The van der Waals surface area contributed by atoms with Crippen molar-refractivity contribution in [1.29, 1.82) is 0 Å². The lowest BCUT2D eigenvalue weighted by molar-refractivity contribution is 0.112. The third-order valence-electron chi connectivity index (χ3n) is 3.71. The highest BCUT2D eigenvalue weighted by Crippen LogP contribution is 2.34. The van der Waals surface area contributed by atoms with Gasteiger partial charge in [-0.15, -0.1) is 0 Å². The number of hydrogen-bond donors (Lipinski definition) is 0. The standard InChI is InChI=1S/C15H15BrN2O/c16-13-6-3-7-14(8-13)18-9-12(10-19)15(17-18)11-4-1-2-5-11/h3,6-11H,1-2,4-5H2. The van der Waals surface area contributed by atoms with Crippen LogP contribution in [-0.2, 0) is 0 Å². The van der Waals surface area contributed by atoms with Gasteiger partial charge in [-0.05, 0) is 31.0 Å². The average Bonchev–Trinajstić information content (AvgIpc) is 3.07. The second-order valence-corrected chi connectivity index (χ2v) is 5.91. The van der Waals surface area contributed by atoms with E-state index < -0.39 is 0 Å². The van der Waals surface area contributed by atoms with Gasteiger partial charge in [-0.2, -0.15) is 5.10 Å². The minimum absolute atomic E-state index is 0.452. The fourth-order valence-electron chi connectivity index (χ4n) is 2.76. The maximum Gasteiger partial charge on any atom is 0.153 e. The van der Waals surface area contributed by atoms with Crippen molar-refractivity contribution in [2.45, 2.75) is 31.6 Å². The normalized spacial score (nSPS) is 15.8.